The molecule has 9 heteroatoms. The first kappa shape index (κ1) is 14.2. The lowest BCUT2D eigenvalue weighted by atomic mass is 10.1. The molecule has 0 spiro atoms. The number of nitrogens with one attached hydrogen (secondary N) is 1. The molecule has 0 aliphatic carbocycles. The SMILES string of the molecule is NC1N=CNc2c1c(I)cn2C1OC(CO)C(O)C1O. The van der Waals surface area contributed by atoms with Crippen molar-refractivity contribution in [2.45, 2.75) is 30.7 Å². The van der Waals surface area contributed by atoms with E-state index in [0.29, 0.717) is 5.82 Å². The highest BCUT2D eigenvalue weighted by Gasteiger charge is 2.44. The van der Waals surface area contributed by atoms with Gasteiger partial charge in [0.25, 0.3) is 0 Å². The summed E-state index contributed by atoms with van der Waals surface area (Å²) in [7, 11) is 0. The third-order valence-corrected chi connectivity index (χ3v) is 4.41. The van der Waals surface area contributed by atoms with Crippen LogP contribution in [0.3, 0.4) is 0 Å². The summed E-state index contributed by atoms with van der Waals surface area (Å²) < 4.78 is 8.07. The Kier molecular flexibility index (Phi) is 3.73. The Bertz CT molecular complexity index is 549. The minimum absolute atomic E-state index is 0.357. The van der Waals surface area contributed by atoms with Gasteiger partial charge in [0.1, 0.15) is 30.3 Å². The molecule has 1 aromatic rings. The summed E-state index contributed by atoms with van der Waals surface area (Å²) in [6, 6.07) is 0. The second-order valence-corrected chi connectivity index (χ2v) is 5.90. The molecule has 5 atom stereocenters. The van der Waals surface area contributed by atoms with E-state index in [2.05, 4.69) is 32.9 Å². The van der Waals surface area contributed by atoms with Gasteiger partial charge in [0.2, 0.25) is 0 Å². The highest BCUT2D eigenvalue weighted by Crippen LogP contribution is 2.38. The van der Waals surface area contributed by atoms with E-state index in [4.69, 9.17) is 15.6 Å². The zero-order chi connectivity index (χ0) is 14.4. The summed E-state index contributed by atoms with van der Waals surface area (Å²) in [4.78, 5) is 4.07. The molecule has 2 aliphatic heterocycles. The number of fused-ring (bicyclic) bond motifs is 1. The number of halogens is 1. The van der Waals surface area contributed by atoms with Crippen molar-refractivity contribution in [3.8, 4) is 0 Å². The molecule has 1 saturated heterocycles. The van der Waals surface area contributed by atoms with Crippen LogP contribution in [0.1, 0.15) is 18.0 Å². The van der Waals surface area contributed by atoms with Gasteiger partial charge in [0.05, 0.1) is 12.9 Å². The van der Waals surface area contributed by atoms with E-state index < -0.39 is 30.7 Å². The van der Waals surface area contributed by atoms with Crippen molar-refractivity contribution < 1.29 is 20.1 Å². The summed E-state index contributed by atoms with van der Waals surface area (Å²) in [6.07, 6.45) is -1.07. The van der Waals surface area contributed by atoms with Crippen molar-refractivity contribution in [3.05, 3.63) is 15.3 Å². The quantitative estimate of drug-likeness (QED) is 0.415. The van der Waals surface area contributed by atoms with Gasteiger partial charge < -0.3 is 35.7 Å². The molecule has 8 nitrogen and oxygen atoms in total. The van der Waals surface area contributed by atoms with Crippen LogP contribution in [-0.4, -0.2) is 51.1 Å². The molecule has 0 amide bonds. The highest BCUT2D eigenvalue weighted by atomic mass is 127. The minimum Gasteiger partial charge on any atom is -0.394 e. The molecule has 6 N–H and O–H groups in total. The molecule has 20 heavy (non-hydrogen) atoms. The second kappa shape index (κ2) is 5.24. The van der Waals surface area contributed by atoms with Crippen molar-refractivity contribution >= 4 is 34.7 Å². The Morgan fingerprint density at radius 3 is 2.85 bits per heavy atom. The highest BCUT2D eigenvalue weighted by molar-refractivity contribution is 14.1. The summed E-state index contributed by atoms with van der Waals surface area (Å²) in [5.74, 6) is 0.673. The number of aliphatic imine (C=N–C) groups is 1. The van der Waals surface area contributed by atoms with E-state index in [-0.39, 0.29) is 6.61 Å². The number of anilines is 1. The Hall–Kier alpha value is -0.720. The summed E-state index contributed by atoms with van der Waals surface area (Å²) >= 11 is 2.13. The molecule has 3 rings (SSSR count). The number of rotatable bonds is 2. The fourth-order valence-electron chi connectivity index (χ4n) is 2.51. The largest absolute Gasteiger partial charge is 0.394 e. The van der Waals surface area contributed by atoms with E-state index >= 15 is 0 Å². The van der Waals surface area contributed by atoms with E-state index in [0.717, 1.165) is 9.13 Å². The lowest BCUT2D eigenvalue weighted by Gasteiger charge is -2.22. The van der Waals surface area contributed by atoms with Gasteiger partial charge in [-0.3, -0.25) is 4.99 Å². The molecule has 1 fully saturated rings. The Morgan fingerprint density at radius 1 is 1.45 bits per heavy atom. The molecule has 3 heterocycles. The van der Waals surface area contributed by atoms with Gasteiger partial charge in [0.15, 0.2) is 6.23 Å². The number of hydrogen-bond donors (Lipinski definition) is 5. The smallest absolute Gasteiger partial charge is 0.164 e. The van der Waals surface area contributed by atoms with E-state index in [9.17, 15) is 10.2 Å². The number of ether oxygens (including phenoxy) is 1. The predicted molar refractivity (Wildman–Crippen MR) is 79.2 cm³/mol. The van der Waals surface area contributed by atoms with Crippen molar-refractivity contribution in [1.82, 2.24) is 4.57 Å². The van der Waals surface area contributed by atoms with Crippen LogP contribution in [0.2, 0.25) is 0 Å². The third kappa shape index (κ3) is 2.05. The molecule has 2 aliphatic rings. The maximum atomic E-state index is 10.1. The number of aromatic nitrogens is 1. The topological polar surface area (TPSA) is 125 Å². The van der Waals surface area contributed by atoms with Crippen LogP contribution in [0.15, 0.2) is 11.2 Å². The molecule has 5 unspecified atom stereocenters. The van der Waals surface area contributed by atoms with Crippen LogP contribution in [0, 0.1) is 3.57 Å². The molecular weight excluding hydrogens is 379 g/mol. The summed E-state index contributed by atoms with van der Waals surface area (Å²) in [6.45, 7) is -0.357. The standard InChI is InChI=1S/C11H15IN4O4/c12-4-1-16(10-6(4)9(13)14-3-15-10)11-8(19)7(18)5(2-17)20-11/h1,3,5,7-9,11,17-19H,2,13H2,(H,14,15). The van der Waals surface area contributed by atoms with Gasteiger partial charge in [-0.25, -0.2) is 0 Å². The van der Waals surface area contributed by atoms with Gasteiger partial charge in [-0.15, -0.1) is 0 Å². The number of aliphatic hydroxyl groups is 3. The average molecular weight is 394 g/mol. The van der Waals surface area contributed by atoms with Crippen LogP contribution < -0.4 is 11.1 Å². The Balaban J connectivity index is 1.99. The monoisotopic (exact) mass is 394 g/mol. The van der Waals surface area contributed by atoms with Gasteiger partial charge in [-0.05, 0) is 22.6 Å². The first-order valence-electron chi connectivity index (χ1n) is 6.11. The maximum absolute atomic E-state index is 10.1. The molecule has 0 saturated carbocycles. The van der Waals surface area contributed by atoms with Crippen LogP contribution in [0.5, 0.6) is 0 Å². The van der Waals surface area contributed by atoms with Crippen LogP contribution >= 0.6 is 22.6 Å². The summed E-state index contributed by atoms with van der Waals surface area (Å²) in [5, 5.41) is 32.0. The number of aliphatic hydroxyl groups excluding tert-OH is 3. The van der Waals surface area contributed by atoms with E-state index in [1.165, 1.54) is 6.34 Å². The third-order valence-electron chi connectivity index (χ3n) is 3.55. The lowest BCUT2D eigenvalue weighted by molar-refractivity contribution is -0.0516. The second-order valence-electron chi connectivity index (χ2n) is 4.74. The van der Waals surface area contributed by atoms with Gasteiger partial charge in [-0.2, -0.15) is 0 Å². The molecule has 1 aromatic heterocycles. The zero-order valence-corrected chi connectivity index (χ0v) is 12.5. The van der Waals surface area contributed by atoms with E-state index in [1.807, 2.05) is 0 Å². The Morgan fingerprint density at radius 2 is 2.20 bits per heavy atom. The number of hydrogen-bond acceptors (Lipinski definition) is 7. The number of nitrogens with zero attached hydrogens (tertiary/aromatic N) is 2. The first-order chi connectivity index (χ1) is 9.54. The van der Waals surface area contributed by atoms with Crippen molar-refractivity contribution in [2.24, 2.45) is 10.7 Å². The fraction of sp³-hybridized carbons (Fsp3) is 0.545. The van der Waals surface area contributed by atoms with E-state index in [1.54, 1.807) is 10.8 Å². The first-order valence-corrected chi connectivity index (χ1v) is 7.19. The minimum atomic E-state index is -1.13. The summed E-state index contributed by atoms with van der Waals surface area (Å²) in [5.41, 5.74) is 6.74. The molecule has 110 valence electrons. The normalized spacial score (nSPS) is 36.0. The molecule has 0 aromatic carbocycles. The van der Waals surface area contributed by atoms with Crippen molar-refractivity contribution in [2.75, 3.05) is 11.9 Å². The Labute approximate surface area is 128 Å². The molecular formula is C11H15IN4O4. The fourth-order valence-corrected chi connectivity index (χ4v) is 3.38. The van der Waals surface area contributed by atoms with Crippen LogP contribution in [0.4, 0.5) is 5.82 Å². The lowest BCUT2D eigenvalue weighted by Crippen LogP contribution is -2.33. The molecule has 0 radical (unpaired) electrons. The van der Waals surface area contributed by atoms with Crippen LogP contribution in [-0.2, 0) is 4.74 Å². The van der Waals surface area contributed by atoms with Crippen LogP contribution in [0.25, 0.3) is 0 Å². The van der Waals surface area contributed by atoms with Gasteiger partial charge in [-0.1, -0.05) is 0 Å². The maximum Gasteiger partial charge on any atom is 0.164 e. The van der Waals surface area contributed by atoms with Crippen molar-refractivity contribution in [1.29, 1.82) is 0 Å². The number of nitrogens with two attached hydrogens (primary N) is 1. The zero-order valence-electron chi connectivity index (χ0n) is 10.3. The van der Waals surface area contributed by atoms with Gasteiger partial charge in [0, 0.05) is 15.3 Å². The molecule has 0 bridgehead atoms. The average Bonchev–Trinajstić information content (AvgIpc) is 2.90. The predicted octanol–water partition coefficient (Wildman–Crippen LogP) is -0.885. The van der Waals surface area contributed by atoms with Crippen molar-refractivity contribution in [3.63, 3.8) is 0 Å². The van der Waals surface area contributed by atoms with Gasteiger partial charge >= 0.3 is 0 Å².